The van der Waals surface area contributed by atoms with Gasteiger partial charge in [-0.3, -0.25) is 9.59 Å². The summed E-state index contributed by atoms with van der Waals surface area (Å²) in [5, 5.41) is 14.6. The predicted octanol–water partition coefficient (Wildman–Crippen LogP) is 0.373. The lowest BCUT2D eigenvalue weighted by molar-refractivity contribution is -0.137. The zero-order chi connectivity index (χ0) is 21.3. The molecule has 30 heavy (non-hydrogen) atoms. The van der Waals surface area contributed by atoms with Crippen LogP contribution in [0, 0.1) is 11.8 Å². The Bertz CT molecular complexity index is 1190. The molecule has 0 aliphatic carbocycles. The monoisotopic (exact) mass is 402 g/mol. The molecule has 9 nitrogen and oxygen atoms in total. The van der Waals surface area contributed by atoms with Crippen molar-refractivity contribution in [1.29, 1.82) is 0 Å². The molecular formula is C21H18N6O3. The predicted molar refractivity (Wildman–Crippen MR) is 107 cm³/mol. The van der Waals surface area contributed by atoms with E-state index in [1.807, 2.05) is 0 Å². The van der Waals surface area contributed by atoms with Gasteiger partial charge in [-0.25, -0.2) is 14.6 Å². The van der Waals surface area contributed by atoms with Gasteiger partial charge in [0.1, 0.15) is 5.69 Å². The van der Waals surface area contributed by atoms with E-state index in [2.05, 4.69) is 26.9 Å². The van der Waals surface area contributed by atoms with Gasteiger partial charge in [-0.05, 0) is 18.2 Å². The largest absolute Gasteiger partial charge is 0.369 e. The van der Waals surface area contributed by atoms with Crippen molar-refractivity contribution in [2.75, 3.05) is 13.6 Å². The Kier molecular flexibility index (Phi) is 4.77. The van der Waals surface area contributed by atoms with E-state index in [0.717, 1.165) is 0 Å². The Morgan fingerprint density at radius 2 is 2.10 bits per heavy atom. The first-order chi connectivity index (χ1) is 14.4. The number of likely N-dealkylation sites (N-methyl/N-ethyl adjacent to an activating group) is 1. The Labute approximate surface area is 172 Å². The Morgan fingerprint density at radius 1 is 1.27 bits per heavy atom. The standard InChI is InChI=1S/C21H18N6O3/c1-26-11-8-21(30,20(26)29)7-6-14-4-2-5-15(12-14)19-24-16(18(22)28)13-17(25-19)27-10-3-9-23-27/h2-5,9-10,12-13,30H,8,11H2,1H3,(H2,22,28). The number of carbonyl (C=O) groups is 2. The van der Waals surface area contributed by atoms with E-state index in [1.165, 1.54) is 15.6 Å². The summed E-state index contributed by atoms with van der Waals surface area (Å²) in [4.78, 5) is 34.0. The van der Waals surface area contributed by atoms with E-state index in [1.54, 1.807) is 49.8 Å². The Hall–Kier alpha value is -4.03. The average Bonchev–Trinajstić information content (AvgIpc) is 3.38. The van der Waals surface area contributed by atoms with E-state index in [0.29, 0.717) is 23.5 Å². The molecule has 1 aliphatic heterocycles. The van der Waals surface area contributed by atoms with Crippen LogP contribution in [0.2, 0.25) is 0 Å². The van der Waals surface area contributed by atoms with Gasteiger partial charge in [0.25, 0.3) is 11.8 Å². The van der Waals surface area contributed by atoms with E-state index in [4.69, 9.17) is 5.73 Å². The minimum atomic E-state index is -1.68. The summed E-state index contributed by atoms with van der Waals surface area (Å²) < 4.78 is 1.50. The molecule has 1 unspecified atom stereocenters. The number of aliphatic hydroxyl groups is 1. The zero-order valence-corrected chi connectivity index (χ0v) is 16.1. The van der Waals surface area contributed by atoms with Crippen molar-refractivity contribution in [2.24, 2.45) is 5.73 Å². The Balaban J connectivity index is 1.72. The maximum absolute atomic E-state index is 12.1. The molecule has 9 heteroatoms. The average molecular weight is 402 g/mol. The molecule has 2 aromatic heterocycles. The van der Waals surface area contributed by atoms with Gasteiger partial charge >= 0.3 is 0 Å². The highest BCUT2D eigenvalue weighted by molar-refractivity contribution is 5.92. The lowest BCUT2D eigenvalue weighted by atomic mass is 10.0. The molecule has 0 spiro atoms. The summed E-state index contributed by atoms with van der Waals surface area (Å²) in [7, 11) is 1.63. The van der Waals surface area contributed by atoms with Crippen molar-refractivity contribution < 1.29 is 14.7 Å². The summed E-state index contributed by atoms with van der Waals surface area (Å²) in [6.07, 6.45) is 3.54. The first-order valence-corrected chi connectivity index (χ1v) is 9.16. The van der Waals surface area contributed by atoms with E-state index in [9.17, 15) is 14.7 Å². The van der Waals surface area contributed by atoms with Crippen LogP contribution in [0.3, 0.4) is 0 Å². The highest BCUT2D eigenvalue weighted by Crippen LogP contribution is 2.22. The third-order valence-electron chi connectivity index (χ3n) is 4.75. The quantitative estimate of drug-likeness (QED) is 0.610. The van der Waals surface area contributed by atoms with Gasteiger partial charge in [0.05, 0.1) is 0 Å². The number of nitrogens with two attached hydrogens (primary N) is 1. The molecule has 4 rings (SSSR count). The molecule has 2 amide bonds. The third kappa shape index (κ3) is 3.64. The number of carbonyl (C=O) groups excluding carboxylic acids is 2. The summed E-state index contributed by atoms with van der Waals surface area (Å²) in [6.45, 7) is 0.452. The second-order valence-corrected chi connectivity index (χ2v) is 6.92. The van der Waals surface area contributed by atoms with Crippen LogP contribution in [0.15, 0.2) is 48.8 Å². The summed E-state index contributed by atoms with van der Waals surface area (Å²) >= 11 is 0. The van der Waals surface area contributed by atoms with Crippen LogP contribution in [0.5, 0.6) is 0 Å². The van der Waals surface area contributed by atoms with Gasteiger partial charge in [-0.2, -0.15) is 5.10 Å². The summed E-state index contributed by atoms with van der Waals surface area (Å²) in [6, 6.07) is 10.2. The molecule has 1 fully saturated rings. The van der Waals surface area contributed by atoms with Crippen LogP contribution >= 0.6 is 0 Å². The fourth-order valence-corrected chi connectivity index (χ4v) is 3.09. The maximum atomic E-state index is 12.1. The van der Waals surface area contributed by atoms with Gasteiger partial charge in [-0.1, -0.05) is 24.0 Å². The van der Waals surface area contributed by atoms with Crippen LogP contribution in [0.1, 0.15) is 22.5 Å². The molecule has 1 saturated heterocycles. The van der Waals surface area contributed by atoms with Crippen LogP contribution in [0.25, 0.3) is 17.2 Å². The van der Waals surface area contributed by atoms with Crippen LogP contribution in [-0.2, 0) is 4.79 Å². The molecule has 1 aromatic carbocycles. The molecule has 150 valence electrons. The normalized spacial score (nSPS) is 18.2. The fourth-order valence-electron chi connectivity index (χ4n) is 3.09. The number of hydrogen-bond acceptors (Lipinski definition) is 6. The van der Waals surface area contributed by atoms with Gasteiger partial charge in [-0.15, -0.1) is 0 Å². The van der Waals surface area contributed by atoms with Crippen molar-refractivity contribution in [3.05, 3.63) is 60.0 Å². The number of benzene rings is 1. The van der Waals surface area contributed by atoms with Crippen LogP contribution in [0.4, 0.5) is 0 Å². The van der Waals surface area contributed by atoms with Crippen LogP contribution < -0.4 is 5.73 Å². The van der Waals surface area contributed by atoms with Crippen molar-refractivity contribution in [3.8, 4) is 29.0 Å². The lowest BCUT2D eigenvalue weighted by Gasteiger charge is -2.13. The topological polar surface area (TPSA) is 127 Å². The second kappa shape index (κ2) is 7.42. The molecule has 3 N–H and O–H groups in total. The van der Waals surface area contributed by atoms with Gasteiger partial charge < -0.3 is 15.7 Å². The maximum Gasteiger partial charge on any atom is 0.267 e. The van der Waals surface area contributed by atoms with E-state index < -0.39 is 17.4 Å². The number of likely N-dealkylation sites (tertiary alicyclic amines) is 1. The smallest absolute Gasteiger partial charge is 0.267 e. The molecule has 3 heterocycles. The van der Waals surface area contributed by atoms with Crippen LogP contribution in [-0.4, -0.2) is 60.8 Å². The molecule has 0 radical (unpaired) electrons. The first-order valence-electron chi connectivity index (χ1n) is 9.16. The lowest BCUT2D eigenvalue weighted by Crippen LogP contribution is -2.37. The highest BCUT2D eigenvalue weighted by Gasteiger charge is 2.42. The number of nitrogens with zero attached hydrogens (tertiary/aromatic N) is 5. The second-order valence-electron chi connectivity index (χ2n) is 6.92. The molecular weight excluding hydrogens is 384 g/mol. The molecule has 0 bridgehead atoms. The van der Waals surface area contributed by atoms with Crippen molar-refractivity contribution in [1.82, 2.24) is 24.6 Å². The van der Waals surface area contributed by atoms with Crippen molar-refractivity contribution in [3.63, 3.8) is 0 Å². The number of rotatable bonds is 3. The molecule has 1 aliphatic rings. The minimum Gasteiger partial charge on any atom is -0.369 e. The molecule has 1 atom stereocenters. The van der Waals surface area contributed by atoms with Crippen molar-refractivity contribution in [2.45, 2.75) is 12.0 Å². The Morgan fingerprint density at radius 3 is 2.77 bits per heavy atom. The van der Waals surface area contributed by atoms with Crippen molar-refractivity contribution >= 4 is 11.8 Å². The number of primary amides is 1. The van der Waals surface area contributed by atoms with Gasteiger partial charge in [0, 0.05) is 49.6 Å². The summed E-state index contributed by atoms with van der Waals surface area (Å²) in [5.41, 5.74) is 4.96. The fraction of sp³-hybridized carbons (Fsp3) is 0.190. The number of amides is 2. The van der Waals surface area contributed by atoms with Gasteiger partial charge in [0.2, 0.25) is 5.60 Å². The number of aromatic nitrogens is 4. The zero-order valence-electron chi connectivity index (χ0n) is 16.1. The minimum absolute atomic E-state index is 0.0517. The SMILES string of the molecule is CN1CCC(O)(C#Cc2cccc(-c3nc(C(N)=O)cc(-n4cccn4)n3)c2)C1=O. The molecule has 3 aromatic rings. The van der Waals surface area contributed by atoms with Gasteiger partial charge in [0.15, 0.2) is 11.6 Å². The first kappa shape index (κ1) is 19.3. The number of hydrogen-bond donors (Lipinski definition) is 2. The summed E-state index contributed by atoms with van der Waals surface area (Å²) in [5.74, 6) is 5.11. The van der Waals surface area contributed by atoms with E-state index >= 15 is 0 Å². The third-order valence-corrected chi connectivity index (χ3v) is 4.75. The molecule has 0 saturated carbocycles. The highest BCUT2D eigenvalue weighted by atomic mass is 16.3. The van der Waals surface area contributed by atoms with E-state index in [-0.39, 0.29) is 17.9 Å².